The Morgan fingerprint density at radius 3 is 1.92 bits per heavy atom. The first-order chi connectivity index (χ1) is 11.5. The molecule has 0 heterocycles. The normalized spacial score (nSPS) is 15.6. The van der Waals surface area contributed by atoms with E-state index in [4.69, 9.17) is 10.8 Å². The molecule has 144 valence electrons. The van der Waals surface area contributed by atoms with Crippen molar-refractivity contribution in [2.75, 3.05) is 12.3 Å². The molecular weight excluding hydrogens is 352 g/mol. The summed E-state index contributed by atoms with van der Waals surface area (Å²) in [4.78, 5) is 46.7. The number of nitrogens with two attached hydrogens (primary N) is 1. The van der Waals surface area contributed by atoms with E-state index in [-0.39, 0.29) is 11.7 Å². The monoisotopic (exact) mass is 378 g/mol. The fraction of sp³-hybridized carbons (Fsp3) is 0.714. The van der Waals surface area contributed by atoms with Gasteiger partial charge in [-0.3, -0.25) is 19.2 Å². The molecule has 0 fully saturated rings. The number of aliphatic carboxylic acids is 1. The first-order valence-electron chi connectivity index (χ1n) is 7.66. The molecule has 3 amide bonds. The highest BCUT2D eigenvalue weighted by Crippen LogP contribution is 2.04. The van der Waals surface area contributed by atoms with Gasteiger partial charge in [0.2, 0.25) is 17.7 Å². The van der Waals surface area contributed by atoms with Crippen LogP contribution in [0.4, 0.5) is 0 Å². The summed E-state index contributed by atoms with van der Waals surface area (Å²) in [6.07, 6.45) is -1.24. The van der Waals surface area contributed by atoms with E-state index in [2.05, 4.69) is 28.6 Å². The van der Waals surface area contributed by atoms with Gasteiger partial charge in [-0.05, 0) is 12.8 Å². The number of carbonyl (C=O) groups excluding carboxylic acids is 3. The summed E-state index contributed by atoms with van der Waals surface area (Å²) in [6.45, 7) is 4.01. The highest BCUT2D eigenvalue weighted by Gasteiger charge is 2.32. The van der Waals surface area contributed by atoms with E-state index in [0.717, 1.165) is 0 Å². The number of thiol groups is 1. The van der Waals surface area contributed by atoms with Gasteiger partial charge in [0.25, 0.3) is 0 Å². The maximum absolute atomic E-state index is 12.3. The van der Waals surface area contributed by atoms with E-state index in [1.54, 1.807) is 13.8 Å². The highest BCUT2D eigenvalue weighted by atomic mass is 32.1. The van der Waals surface area contributed by atoms with Gasteiger partial charge in [0.15, 0.2) is 0 Å². The first-order valence-corrected chi connectivity index (χ1v) is 8.29. The molecule has 4 unspecified atom stereocenters. The van der Waals surface area contributed by atoms with Gasteiger partial charge in [-0.2, -0.15) is 12.6 Å². The molecule has 10 nitrogen and oxygen atoms in total. The summed E-state index contributed by atoms with van der Waals surface area (Å²) in [7, 11) is 0. The number of rotatable bonds is 10. The number of carboxylic acid groups (broad SMARTS) is 1. The molecule has 4 atom stereocenters. The van der Waals surface area contributed by atoms with Gasteiger partial charge in [0.05, 0.1) is 12.1 Å². The predicted octanol–water partition coefficient (Wildman–Crippen LogP) is -2.55. The molecule has 0 aromatic carbocycles. The molecule has 0 rings (SSSR count). The molecule has 0 saturated heterocycles. The quantitative estimate of drug-likeness (QED) is 0.205. The first kappa shape index (κ1) is 23.1. The van der Waals surface area contributed by atoms with Crippen LogP contribution < -0.4 is 21.7 Å². The lowest BCUT2D eigenvalue weighted by atomic mass is 10.0. The maximum Gasteiger partial charge on any atom is 0.322 e. The minimum atomic E-state index is -1.33. The van der Waals surface area contributed by atoms with E-state index in [1.807, 2.05) is 0 Å². The van der Waals surface area contributed by atoms with Crippen LogP contribution in [0, 0.1) is 5.92 Å². The van der Waals surface area contributed by atoms with Gasteiger partial charge in [-0.15, -0.1) is 0 Å². The van der Waals surface area contributed by atoms with Gasteiger partial charge in [-0.1, -0.05) is 13.8 Å². The molecule has 0 aliphatic carbocycles. The van der Waals surface area contributed by atoms with Gasteiger partial charge in [0, 0.05) is 5.75 Å². The van der Waals surface area contributed by atoms with Crippen LogP contribution in [0.15, 0.2) is 0 Å². The number of nitrogens with one attached hydrogen (secondary N) is 3. The fourth-order valence-corrected chi connectivity index (χ4v) is 1.96. The lowest BCUT2D eigenvalue weighted by molar-refractivity contribution is -0.139. The van der Waals surface area contributed by atoms with Crippen molar-refractivity contribution in [2.24, 2.45) is 11.7 Å². The van der Waals surface area contributed by atoms with Crippen LogP contribution in [0.1, 0.15) is 20.8 Å². The Morgan fingerprint density at radius 2 is 1.52 bits per heavy atom. The lowest BCUT2D eigenvalue weighted by Crippen LogP contribution is -2.60. The van der Waals surface area contributed by atoms with Crippen LogP contribution >= 0.6 is 12.6 Å². The Labute approximate surface area is 151 Å². The number of carbonyl (C=O) groups is 4. The average Bonchev–Trinajstić information content (AvgIpc) is 2.53. The van der Waals surface area contributed by atoms with E-state index in [0.29, 0.717) is 0 Å². The summed E-state index contributed by atoms with van der Waals surface area (Å²) in [5.74, 6) is -3.69. The van der Waals surface area contributed by atoms with Gasteiger partial charge >= 0.3 is 5.97 Å². The molecule has 0 aromatic heterocycles. The third-order valence-electron chi connectivity index (χ3n) is 3.26. The summed E-state index contributed by atoms with van der Waals surface area (Å²) in [5.41, 5.74) is 5.51. The van der Waals surface area contributed by atoms with E-state index in [9.17, 15) is 24.3 Å². The lowest BCUT2D eigenvalue weighted by Gasteiger charge is -2.27. The molecular formula is C14H26N4O6S. The van der Waals surface area contributed by atoms with Crippen LogP contribution in [-0.4, -0.2) is 70.4 Å². The van der Waals surface area contributed by atoms with Crippen molar-refractivity contribution < 1.29 is 29.4 Å². The Bertz CT molecular complexity index is 500. The van der Waals surface area contributed by atoms with Crippen molar-refractivity contribution in [3.05, 3.63) is 0 Å². The van der Waals surface area contributed by atoms with Gasteiger partial charge in [0.1, 0.15) is 18.6 Å². The third kappa shape index (κ3) is 8.18. The molecule has 11 heteroatoms. The summed E-state index contributed by atoms with van der Waals surface area (Å²) in [5, 5.41) is 25.2. The van der Waals surface area contributed by atoms with Crippen molar-refractivity contribution in [1.82, 2.24) is 16.0 Å². The number of hydrogen-bond donors (Lipinski definition) is 7. The second kappa shape index (κ2) is 10.9. The molecule has 7 N–H and O–H groups in total. The molecule has 0 aliphatic heterocycles. The summed E-state index contributed by atoms with van der Waals surface area (Å²) >= 11 is 3.88. The molecule has 0 bridgehead atoms. The Morgan fingerprint density at radius 1 is 1.00 bits per heavy atom. The van der Waals surface area contributed by atoms with Crippen molar-refractivity contribution in [3.63, 3.8) is 0 Å². The number of carboxylic acids is 1. The minimum absolute atomic E-state index is 0.0478. The summed E-state index contributed by atoms with van der Waals surface area (Å²) in [6, 6.07) is -3.33. The molecule has 0 saturated carbocycles. The van der Waals surface area contributed by atoms with E-state index in [1.165, 1.54) is 6.92 Å². The van der Waals surface area contributed by atoms with Crippen molar-refractivity contribution in [3.8, 4) is 0 Å². The Balaban J connectivity index is 5.06. The van der Waals surface area contributed by atoms with Crippen LogP contribution in [0.2, 0.25) is 0 Å². The topological polar surface area (TPSA) is 171 Å². The predicted molar refractivity (Wildman–Crippen MR) is 92.9 cm³/mol. The molecule has 0 aromatic rings. The minimum Gasteiger partial charge on any atom is -0.480 e. The number of amides is 3. The van der Waals surface area contributed by atoms with Crippen LogP contribution in [0.3, 0.4) is 0 Å². The maximum atomic E-state index is 12.3. The SMILES string of the molecule is CC(C)C(NC(=O)C(NC(=O)C(N)CS)C(C)O)C(=O)NCC(=O)O. The second-order valence-corrected chi connectivity index (χ2v) is 6.22. The van der Waals surface area contributed by atoms with Crippen LogP contribution in [0.5, 0.6) is 0 Å². The fourth-order valence-electron chi connectivity index (χ4n) is 1.80. The van der Waals surface area contributed by atoms with Crippen molar-refractivity contribution >= 4 is 36.3 Å². The van der Waals surface area contributed by atoms with Gasteiger partial charge < -0.3 is 31.9 Å². The molecule has 0 radical (unpaired) electrons. The highest BCUT2D eigenvalue weighted by molar-refractivity contribution is 7.80. The number of aliphatic hydroxyl groups is 1. The standard InChI is InChI=1S/C14H26N4O6S/c1-6(2)10(13(23)16-4-9(20)21)17-14(24)11(7(3)19)18-12(22)8(15)5-25/h6-8,10-11,19,25H,4-5,15H2,1-3H3,(H,16,23)(H,17,24)(H,18,22)(H,20,21). The van der Waals surface area contributed by atoms with Crippen molar-refractivity contribution in [1.29, 1.82) is 0 Å². The zero-order chi connectivity index (χ0) is 19.7. The van der Waals surface area contributed by atoms with Gasteiger partial charge in [-0.25, -0.2) is 0 Å². The number of aliphatic hydroxyl groups excluding tert-OH is 1. The third-order valence-corrected chi connectivity index (χ3v) is 3.65. The Hall–Kier alpha value is -1.85. The second-order valence-electron chi connectivity index (χ2n) is 5.86. The smallest absolute Gasteiger partial charge is 0.322 e. The van der Waals surface area contributed by atoms with Crippen molar-refractivity contribution in [2.45, 2.75) is 45.0 Å². The van der Waals surface area contributed by atoms with E-state index < -0.39 is 54.5 Å². The largest absolute Gasteiger partial charge is 0.480 e. The van der Waals surface area contributed by atoms with E-state index >= 15 is 0 Å². The zero-order valence-corrected chi connectivity index (χ0v) is 15.2. The summed E-state index contributed by atoms with van der Waals surface area (Å²) < 4.78 is 0. The molecule has 25 heavy (non-hydrogen) atoms. The number of hydrogen-bond acceptors (Lipinski definition) is 7. The Kier molecular flexibility index (Phi) is 10.1. The van der Waals surface area contributed by atoms with Crippen LogP contribution in [-0.2, 0) is 19.2 Å². The molecule has 0 spiro atoms. The molecule has 0 aliphatic rings. The van der Waals surface area contributed by atoms with Crippen LogP contribution in [0.25, 0.3) is 0 Å². The average molecular weight is 378 g/mol. The zero-order valence-electron chi connectivity index (χ0n) is 14.4.